The molecule has 0 spiro atoms. The van der Waals surface area contributed by atoms with Crippen LogP contribution < -0.4 is 10.6 Å². The lowest BCUT2D eigenvalue weighted by molar-refractivity contribution is 0.195. The molecule has 1 rings (SSSR count). The Balaban J connectivity index is 0.00000400. The Bertz CT molecular complexity index is 270. The zero-order valence-electron chi connectivity index (χ0n) is 13.9. The van der Waals surface area contributed by atoms with Crippen molar-refractivity contribution in [2.75, 3.05) is 53.0 Å². The molecule has 21 heavy (non-hydrogen) atoms. The van der Waals surface area contributed by atoms with Crippen LogP contribution in [0.25, 0.3) is 0 Å². The number of rotatable bonds is 9. The number of hydrogen-bond acceptors (Lipinski definition) is 3. The Hall–Kier alpha value is -0.0800. The molecule has 0 aromatic rings. The molecule has 1 atom stereocenters. The highest BCUT2D eigenvalue weighted by atomic mass is 127. The predicted molar refractivity (Wildman–Crippen MR) is 101 cm³/mol. The van der Waals surface area contributed by atoms with Crippen molar-refractivity contribution in [3.8, 4) is 0 Å². The van der Waals surface area contributed by atoms with Gasteiger partial charge in [-0.1, -0.05) is 6.92 Å². The summed E-state index contributed by atoms with van der Waals surface area (Å²) in [7, 11) is 1.74. The van der Waals surface area contributed by atoms with Gasteiger partial charge in [0.2, 0.25) is 0 Å². The van der Waals surface area contributed by atoms with E-state index in [0.29, 0.717) is 5.92 Å². The number of methoxy groups -OCH3 is 1. The zero-order valence-corrected chi connectivity index (χ0v) is 16.2. The van der Waals surface area contributed by atoms with Crippen molar-refractivity contribution < 1.29 is 4.74 Å². The smallest absolute Gasteiger partial charge is 0.191 e. The van der Waals surface area contributed by atoms with Crippen molar-refractivity contribution in [1.82, 2.24) is 15.5 Å². The van der Waals surface area contributed by atoms with Gasteiger partial charge in [0.25, 0.3) is 0 Å². The minimum atomic E-state index is 0. The zero-order chi connectivity index (χ0) is 14.6. The number of likely N-dealkylation sites (tertiary alicyclic amines) is 1. The molecule has 0 bridgehead atoms. The van der Waals surface area contributed by atoms with E-state index in [2.05, 4.69) is 34.4 Å². The third-order valence-corrected chi connectivity index (χ3v) is 3.49. The molecule has 1 aliphatic rings. The van der Waals surface area contributed by atoms with Crippen molar-refractivity contribution in [1.29, 1.82) is 0 Å². The van der Waals surface area contributed by atoms with E-state index in [1.807, 2.05) is 0 Å². The van der Waals surface area contributed by atoms with Crippen molar-refractivity contribution >= 4 is 29.9 Å². The molecule has 1 saturated heterocycles. The summed E-state index contributed by atoms with van der Waals surface area (Å²) in [6, 6.07) is 0. The van der Waals surface area contributed by atoms with Crippen molar-refractivity contribution in [2.24, 2.45) is 10.9 Å². The molecule has 1 unspecified atom stereocenters. The lowest BCUT2D eigenvalue weighted by atomic mass is 10.2. The largest absolute Gasteiger partial charge is 0.385 e. The molecule has 0 radical (unpaired) electrons. The average Bonchev–Trinajstić information content (AvgIpc) is 2.93. The minimum Gasteiger partial charge on any atom is -0.385 e. The summed E-state index contributed by atoms with van der Waals surface area (Å²) >= 11 is 0. The van der Waals surface area contributed by atoms with Crippen LogP contribution in [-0.4, -0.2) is 63.8 Å². The molecule has 126 valence electrons. The standard InChI is InChI=1S/C15H32N4O.HI/c1-4-16-15(17-8-7-11-20-3)18-12-14(2)13-19-9-5-6-10-19;/h14H,4-13H2,1-3H3,(H2,16,17,18);1H. The summed E-state index contributed by atoms with van der Waals surface area (Å²) in [5.74, 6) is 1.54. The quantitative estimate of drug-likeness (QED) is 0.263. The second-order valence-electron chi connectivity index (χ2n) is 5.61. The maximum Gasteiger partial charge on any atom is 0.191 e. The van der Waals surface area contributed by atoms with Gasteiger partial charge in [0.1, 0.15) is 0 Å². The normalized spacial score (nSPS) is 17.4. The summed E-state index contributed by atoms with van der Waals surface area (Å²) in [5.41, 5.74) is 0. The minimum absolute atomic E-state index is 0. The predicted octanol–water partition coefficient (Wildman–Crippen LogP) is 1.93. The van der Waals surface area contributed by atoms with Gasteiger partial charge >= 0.3 is 0 Å². The molecule has 1 heterocycles. The number of nitrogens with zero attached hydrogens (tertiary/aromatic N) is 2. The molecule has 1 fully saturated rings. The van der Waals surface area contributed by atoms with Crippen LogP contribution in [-0.2, 0) is 4.74 Å². The van der Waals surface area contributed by atoms with Gasteiger partial charge in [-0.3, -0.25) is 4.99 Å². The Morgan fingerprint density at radius 1 is 1.29 bits per heavy atom. The molecule has 5 nitrogen and oxygen atoms in total. The molecule has 0 aromatic heterocycles. The van der Waals surface area contributed by atoms with E-state index in [9.17, 15) is 0 Å². The van der Waals surface area contributed by atoms with Crippen molar-refractivity contribution in [3.63, 3.8) is 0 Å². The molecular weight excluding hydrogens is 379 g/mol. The van der Waals surface area contributed by atoms with Gasteiger partial charge in [0, 0.05) is 39.9 Å². The van der Waals surface area contributed by atoms with Gasteiger partial charge in [0.15, 0.2) is 5.96 Å². The third-order valence-electron chi connectivity index (χ3n) is 3.49. The average molecular weight is 412 g/mol. The van der Waals surface area contributed by atoms with E-state index in [1.54, 1.807) is 7.11 Å². The fourth-order valence-corrected chi connectivity index (χ4v) is 2.48. The molecular formula is C15H33IN4O. The van der Waals surface area contributed by atoms with Gasteiger partial charge in [-0.2, -0.15) is 0 Å². The first-order valence-electron chi connectivity index (χ1n) is 7.99. The number of nitrogens with one attached hydrogen (secondary N) is 2. The third kappa shape index (κ3) is 10.3. The fourth-order valence-electron chi connectivity index (χ4n) is 2.48. The van der Waals surface area contributed by atoms with Crippen LogP contribution in [0.15, 0.2) is 4.99 Å². The van der Waals surface area contributed by atoms with E-state index in [-0.39, 0.29) is 24.0 Å². The van der Waals surface area contributed by atoms with E-state index < -0.39 is 0 Å². The summed E-state index contributed by atoms with van der Waals surface area (Å²) in [6.07, 6.45) is 3.73. The number of halogens is 1. The summed E-state index contributed by atoms with van der Waals surface area (Å²) in [5, 5.41) is 6.64. The van der Waals surface area contributed by atoms with Crippen LogP contribution >= 0.6 is 24.0 Å². The van der Waals surface area contributed by atoms with Crippen LogP contribution in [0.5, 0.6) is 0 Å². The molecule has 2 N–H and O–H groups in total. The Labute approximate surface area is 147 Å². The Morgan fingerprint density at radius 2 is 2.00 bits per heavy atom. The van der Waals surface area contributed by atoms with Gasteiger partial charge in [0.05, 0.1) is 0 Å². The second kappa shape index (κ2) is 13.6. The van der Waals surface area contributed by atoms with Crippen molar-refractivity contribution in [2.45, 2.75) is 33.1 Å². The molecule has 0 aliphatic carbocycles. The highest BCUT2D eigenvalue weighted by molar-refractivity contribution is 14.0. The number of guanidine groups is 1. The van der Waals surface area contributed by atoms with E-state index in [1.165, 1.54) is 32.5 Å². The Morgan fingerprint density at radius 3 is 2.62 bits per heavy atom. The lowest BCUT2D eigenvalue weighted by Crippen LogP contribution is -2.38. The summed E-state index contributed by atoms with van der Waals surface area (Å²) in [6.45, 7) is 11.6. The van der Waals surface area contributed by atoms with Crippen LogP contribution in [0.1, 0.15) is 33.1 Å². The number of aliphatic imine (C=N–C) groups is 1. The first-order valence-corrected chi connectivity index (χ1v) is 7.99. The summed E-state index contributed by atoms with van der Waals surface area (Å²) < 4.78 is 5.05. The number of hydrogen-bond donors (Lipinski definition) is 2. The molecule has 0 saturated carbocycles. The van der Waals surface area contributed by atoms with Crippen LogP contribution in [0.2, 0.25) is 0 Å². The van der Waals surface area contributed by atoms with Crippen LogP contribution in [0.4, 0.5) is 0 Å². The van der Waals surface area contributed by atoms with E-state index in [0.717, 1.165) is 38.6 Å². The molecule has 0 amide bonds. The van der Waals surface area contributed by atoms with Crippen molar-refractivity contribution in [3.05, 3.63) is 0 Å². The van der Waals surface area contributed by atoms with Crippen LogP contribution in [0, 0.1) is 5.92 Å². The lowest BCUT2D eigenvalue weighted by Gasteiger charge is -2.19. The Kier molecular flexibility index (Phi) is 13.5. The molecule has 6 heteroatoms. The maximum atomic E-state index is 5.05. The molecule has 0 aromatic carbocycles. The van der Waals surface area contributed by atoms with E-state index in [4.69, 9.17) is 4.74 Å². The highest BCUT2D eigenvalue weighted by Crippen LogP contribution is 2.10. The SMILES string of the molecule is CCNC(=NCC(C)CN1CCCC1)NCCCOC.I. The first kappa shape index (κ1) is 20.9. The van der Waals surface area contributed by atoms with Gasteiger partial charge < -0.3 is 20.3 Å². The second-order valence-corrected chi connectivity index (χ2v) is 5.61. The maximum absolute atomic E-state index is 5.05. The van der Waals surface area contributed by atoms with Gasteiger partial charge in [-0.25, -0.2) is 0 Å². The fraction of sp³-hybridized carbons (Fsp3) is 0.933. The molecule has 1 aliphatic heterocycles. The first-order chi connectivity index (χ1) is 9.76. The number of ether oxygens (including phenoxy) is 1. The monoisotopic (exact) mass is 412 g/mol. The highest BCUT2D eigenvalue weighted by Gasteiger charge is 2.14. The van der Waals surface area contributed by atoms with E-state index >= 15 is 0 Å². The van der Waals surface area contributed by atoms with Gasteiger partial charge in [-0.15, -0.1) is 24.0 Å². The topological polar surface area (TPSA) is 48.9 Å². The van der Waals surface area contributed by atoms with Gasteiger partial charge in [-0.05, 0) is 45.2 Å². The van der Waals surface area contributed by atoms with Crippen LogP contribution in [0.3, 0.4) is 0 Å². The summed E-state index contributed by atoms with van der Waals surface area (Å²) in [4.78, 5) is 7.23.